The number of nitrogens with one attached hydrogen (secondary N) is 1. The molecular formula is C21H24FN3O4S. The van der Waals surface area contributed by atoms with Crippen LogP contribution in [0.2, 0.25) is 0 Å². The molecule has 2 aliphatic rings. The molecule has 4 rings (SSSR count). The smallest absolute Gasteiger partial charge is 0.243 e. The average molecular weight is 434 g/mol. The van der Waals surface area contributed by atoms with Gasteiger partial charge in [-0.05, 0) is 54.8 Å². The molecule has 9 heteroatoms. The lowest BCUT2D eigenvalue weighted by Gasteiger charge is -2.37. The van der Waals surface area contributed by atoms with Crippen molar-refractivity contribution in [2.24, 2.45) is 11.3 Å². The van der Waals surface area contributed by atoms with E-state index in [4.69, 9.17) is 4.74 Å². The average Bonchev–Trinajstić information content (AvgIpc) is 3.13. The van der Waals surface area contributed by atoms with Crippen molar-refractivity contribution in [1.29, 1.82) is 0 Å². The lowest BCUT2D eigenvalue weighted by molar-refractivity contribution is -0.130. The van der Waals surface area contributed by atoms with Gasteiger partial charge in [-0.3, -0.25) is 9.78 Å². The number of benzene rings is 1. The molecule has 1 N–H and O–H groups in total. The van der Waals surface area contributed by atoms with E-state index in [-0.39, 0.29) is 23.9 Å². The summed E-state index contributed by atoms with van der Waals surface area (Å²) >= 11 is 0. The van der Waals surface area contributed by atoms with E-state index < -0.39 is 27.2 Å². The van der Waals surface area contributed by atoms with Crippen LogP contribution in [-0.4, -0.2) is 49.9 Å². The van der Waals surface area contributed by atoms with Crippen LogP contribution in [0.4, 0.5) is 4.39 Å². The van der Waals surface area contributed by atoms with Crippen LogP contribution in [0, 0.1) is 17.2 Å². The number of nitrogens with zero attached hydrogens (tertiary/aromatic N) is 2. The first-order chi connectivity index (χ1) is 14.4. The van der Waals surface area contributed by atoms with Gasteiger partial charge in [0, 0.05) is 50.7 Å². The van der Waals surface area contributed by atoms with Crippen molar-refractivity contribution in [3.63, 3.8) is 0 Å². The molecule has 0 aliphatic carbocycles. The molecule has 0 bridgehead atoms. The molecule has 160 valence electrons. The Hall–Kier alpha value is -2.36. The van der Waals surface area contributed by atoms with Crippen molar-refractivity contribution >= 4 is 15.9 Å². The van der Waals surface area contributed by atoms with Gasteiger partial charge in [-0.15, -0.1) is 0 Å². The first kappa shape index (κ1) is 20.9. The summed E-state index contributed by atoms with van der Waals surface area (Å²) in [6, 6.07) is 8.43. The number of pyridine rings is 1. The van der Waals surface area contributed by atoms with Gasteiger partial charge in [-0.2, -0.15) is 4.31 Å². The fourth-order valence-corrected chi connectivity index (χ4v) is 5.87. The summed E-state index contributed by atoms with van der Waals surface area (Å²) in [4.78, 5) is 17.1. The summed E-state index contributed by atoms with van der Waals surface area (Å²) in [5.74, 6) is -1.13. The summed E-state index contributed by atoms with van der Waals surface area (Å²) in [5, 5.41) is 2.95. The maximum atomic E-state index is 13.3. The number of rotatable bonds is 5. The van der Waals surface area contributed by atoms with E-state index in [1.165, 1.54) is 16.4 Å². The summed E-state index contributed by atoms with van der Waals surface area (Å²) in [5.41, 5.74) is 0.460. The lowest BCUT2D eigenvalue weighted by Crippen LogP contribution is -2.44. The van der Waals surface area contributed by atoms with Gasteiger partial charge < -0.3 is 10.1 Å². The summed E-state index contributed by atoms with van der Waals surface area (Å²) < 4.78 is 46.4. The molecule has 1 unspecified atom stereocenters. The van der Waals surface area contributed by atoms with Crippen LogP contribution >= 0.6 is 0 Å². The molecule has 2 fully saturated rings. The quantitative estimate of drug-likeness (QED) is 0.779. The monoisotopic (exact) mass is 433 g/mol. The van der Waals surface area contributed by atoms with E-state index in [0.29, 0.717) is 32.6 Å². The second-order valence-electron chi connectivity index (χ2n) is 7.85. The molecule has 1 aromatic carbocycles. The van der Waals surface area contributed by atoms with Crippen molar-refractivity contribution < 1.29 is 22.3 Å². The van der Waals surface area contributed by atoms with Crippen molar-refractivity contribution in [2.75, 3.05) is 26.3 Å². The van der Waals surface area contributed by atoms with E-state index in [1.54, 1.807) is 12.4 Å². The molecule has 30 heavy (non-hydrogen) atoms. The zero-order valence-electron chi connectivity index (χ0n) is 16.5. The Morgan fingerprint density at radius 2 is 1.83 bits per heavy atom. The fraction of sp³-hybridized carbons (Fsp3) is 0.429. The maximum Gasteiger partial charge on any atom is 0.243 e. The molecule has 1 atom stereocenters. The Morgan fingerprint density at radius 3 is 2.50 bits per heavy atom. The molecule has 1 spiro atoms. The number of carbonyl (C=O) groups is 1. The minimum absolute atomic E-state index is 0.0314. The van der Waals surface area contributed by atoms with Gasteiger partial charge in [0.1, 0.15) is 5.82 Å². The van der Waals surface area contributed by atoms with Crippen LogP contribution in [0.3, 0.4) is 0 Å². The predicted octanol–water partition coefficient (Wildman–Crippen LogP) is 1.95. The Kier molecular flexibility index (Phi) is 5.86. The van der Waals surface area contributed by atoms with Gasteiger partial charge >= 0.3 is 0 Å². The molecule has 0 radical (unpaired) electrons. The molecule has 2 saturated heterocycles. The third kappa shape index (κ3) is 4.10. The Bertz CT molecular complexity index is 993. The summed E-state index contributed by atoms with van der Waals surface area (Å²) in [6.07, 6.45) is 4.56. The molecule has 7 nitrogen and oxygen atoms in total. The third-order valence-electron chi connectivity index (χ3n) is 6.09. The number of ether oxygens (including phenoxy) is 1. The van der Waals surface area contributed by atoms with Crippen LogP contribution in [0.5, 0.6) is 0 Å². The summed E-state index contributed by atoms with van der Waals surface area (Å²) in [7, 11) is -3.83. The van der Waals surface area contributed by atoms with E-state index >= 15 is 0 Å². The SMILES string of the molecule is O=C(NCc1ccncc1)C1CN(S(=O)(=O)c2ccc(F)cc2)CC12CCOCC2. The highest BCUT2D eigenvalue weighted by Crippen LogP contribution is 2.46. The van der Waals surface area contributed by atoms with Gasteiger partial charge in [0.15, 0.2) is 0 Å². The predicted molar refractivity (Wildman–Crippen MR) is 107 cm³/mol. The van der Waals surface area contributed by atoms with Crippen LogP contribution in [0.1, 0.15) is 18.4 Å². The van der Waals surface area contributed by atoms with Gasteiger partial charge in [0.05, 0.1) is 10.8 Å². The normalized spacial score (nSPS) is 21.6. The second-order valence-corrected chi connectivity index (χ2v) is 9.79. The number of halogens is 1. The lowest BCUT2D eigenvalue weighted by atomic mass is 9.72. The van der Waals surface area contributed by atoms with E-state index in [0.717, 1.165) is 17.7 Å². The topological polar surface area (TPSA) is 88.6 Å². The Labute approximate surface area is 175 Å². The largest absolute Gasteiger partial charge is 0.381 e. The minimum atomic E-state index is -3.83. The minimum Gasteiger partial charge on any atom is -0.381 e. The molecule has 2 aliphatic heterocycles. The van der Waals surface area contributed by atoms with Crippen molar-refractivity contribution in [3.8, 4) is 0 Å². The van der Waals surface area contributed by atoms with E-state index in [1.807, 2.05) is 12.1 Å². The maximum absolute atomic E-state index is 13.3. The molecule has 3 heterocycles. The zero-order valence-corrected chi connectivity index (χ0v) is 17.3. The Balaban J connectivity index is 1.56. The fourth-order valence-electron chi connectivity index (χ4n) is 4.32. The standard InChI is InChI=1S/C21H24FN3O4S/c22-17-1-3-18(4-2-17)30(27,28)25-14-19(21(15-25)7-11-29-12-8-21)20(26)24-13-16-5-9-23-10-6-16/h1-6,9-10,19H,7-8,11-15H2,(H,24,26). The van der Waals surface area contributed by atoms with Gasteiger partial charge in [0.25, 0.3) is 0 Å². The highest BCUT2D eigenvalue weighted by molar-refractivity contribution is 7.89. The van der Waals surface area contributed by atoms with Gasteiger partial charge in [-0.25, -0.2) is 12.8 Å². The molecule has 1 aromatic heterocycles. The third-order valence-corrected chi connectivity index (χ3v) is 7.92. The number of hydrogen-bond donors (Lipinski definition) is 1. The van der Waals surface area contributed by atoms with Crippen LogP contribution in [0.15, 0.2) is 53.7 Å². The number of sulfonamides is 1. The number of amides is 1. The van der Waals surface area contributed by atoms with Crippen LogP contribution in [0.25, 0.3) is 0 Å². The molecule has 2 aromatic rings. The molecular weight excluding hydrogens is 409 g/mol. The molecule has 0 saturated carbocycles. The van der Waals surface area contributed by atoms with Gasteiger partial charge in [0.2, 0.25) is 15.9 Å². The van der Waals surface area contributed by atoms with Crippen LogP contribution in [-0.2, 0) is 26.1 Å². The van der Waals surface area contributed by atoms with E-state index in [2.05, 4.69) is 10.3 Å². The van der Waals surface area contributed by atoms with Crippen molar-refractivity contribution in [3.05, 3.63) is 60.2 Å². The number of hydrogen-bond acceptors (Lipinski definition) is 5. The number of carbonyl (C=O) groups excluding carboxylic acids is 1. The van der Waals surface area contributed by atoms with Crippen molar-refractivity contribution in [1.82, 2.24) is 14.6 Å². The van der Waals surface area contributed by atoms with Gasteiger partial charge in [-0.1, -0.05) is 0 Å². The first-order valence-electron chi connectivity index (χ1n) is 9.91. The Morgan fingerprint density at radius 1 is 1.17 bits per heavy atom. The highest BCUT2D eigenvalue weighted by Gasteiger charge is 2.53. The number of aromatic nitrogens is 1. The highest BCUT2D eigenvalue weighted by atomic mass is 32.2. The van der Waals surface area contributed by atoms with Crippen LogP contribution < -0.4 is 5.32 Å². The van der Waals surface area contributed by atoms with Crippen molar-refractivity contribution in [2.45, 2.75) is 24.3 Å². The second kappa shape index (κ2) is 8.41. The summed E-state index contributed by atoms with van der Waals surface area (Å²) in [6.45, 7) is 1.71. The molecule has 1 amide bonds. The zero-order chi connectivity index (χ0) is 21.2. The van der Waals surface area contributed by atoms with E-state index in [9.17, 15) is 17.6 Å². The first-order valence-corrected chi connectivity index (χ1v) is 11.3.